The van der Waals surface area contributed by atoms with Gasteiger partial charge in [0, 0.05) is 69.9 Å². The van der Waals surface area contributed by atoms with Gasteiger partial charge in [0.25, 0.3) is 11.8 Å². The number of hydrogen-bond acceptors (Lipinski definition) is 7. The molecule has 2 amide bonds. The topological polar surface area (TPSA) is 89.4 Å². The van der Waals surface area contributed by atoms with Gasteiger partial charge in [0.15, 0.2) is 6.10 Å². The van der Waals surface area contributed by atoms with E-state index in [2.05, 4.69) is 14.6 Å². The first-order chi connectivity index (χ1) is 25.4. The summed E-state index contributed by atoms with van der Waals surface area (Å²) < 4.78 is 79.9. The van der Waals surface area contributed by atoms with Gasteiger partial charge in [0.1, 0.15) is 36.3 Å². The van der Waals surface area contributed by atoms with Crippen LogP contribution in [0.5, 0.6) is 23.1 Å². The third kappa shape index (κ3) is 9.03. The lowest BCUT2D eigenvalue weighted by Crippen LogP contribution is -2.48. The molecule has 0 N–H and O–H groups in total. The Kier molecular flexibility index (Phi) is 11.1. The lowest BCUT2D eigenvalue weighted by atomic mass is 10.2. The van der Waals surface area contributed by atoms with E-state index in [-0.39, 0.29) is 17.4 Å². The van der Waals surface area contributed by atoms with Crippen LogP contribution in [0.25, 0.3) is 10.9 Å². The standard InChI is InChI=1S/C38H36F5N5O5/c1-45(36(49)26-5-11-30(12-6-26)53-38(41,42)43)28-8-14-35(44-23-28)52-31-13-7-27-19-34(46(2)33(27)20-31)37(50)48-17-15-47(16-18-48)24-25-3-9-29(10-4-25)51-32(21-39)22-40/h3-14,19-20,23,32H,15-18,21-22,24H2,1-2H3. The van der Waals surface area contributed by atoms with E-state index in [1.54, 1.807) is 30.3 Å². The molecule has 3 heterocycles. The van der Waals surface area contributed by atoms with Gasteiger partial charge in [-0.3, -0.25) is 14.5 Å². The lowest BCUT2D eigenvalue weighted by molar-refractivity contribution is -0.274. The van der Waals surface area contributed by atoms with Crippen molar-refractivity contribution in [3.8, 4) is 23.1 Å². The summed E-state index contributed by atoms with van der Waals surface area (Å²) in [5, 5.41) is 0.861. The van der Waals surface area contributed by atoms with E-state index in [0.717, 1.165) is 28.6 Å². The van der Waals surface area contributed by atoms with Crippen LogP contribution in [-0.2, 0) is 13.6 Å². The van der Waals surface area contributed by atoms with Crippen LogP contribution in [0.3, 0.4) is 0 Å². The Labute approximate surface area is 301 Å². The van der Waals surface area contributed by atoms with Crippen LogP contribution < -0.4 is 19.1 Å². The van der Waals surface area contributed by atoms with Gasteiger partial charge in [0.2, 0.25) is 5.88 Å². The molecule has 1 saturated heterocycles. The summed E-state index contributed by atoms with van der Waals surface area (Å²) in [7, 11) is 3.34. The summed E-state index contributed by atoms with van der Waals surface area (Å²) >= 11 is 0. The third-order valence-electron chi connectivity index (χ3n) is 8.84. The third-order valence-corrected chi connectivity index (χ3v) is 8.84. The largest absolute Gasteiger partial charge is 0.573 e. The predicted molar refractivity (Wildman–Crippen MR) is 187 cm³/mol. The highest BCUT2D eigenvalue weighted by atomic mass is 19.4. The first-order valence-corrected chi connectivity index (χ1v) is 16.7. The second-order valence-electron chi connectivity index (χ2n) is 12.5. The maximum absolute atomic E-state index is 13.6. The zero-order chi connectivity index (χ0) is 37.7. The number of anilines is 1. The van der Waals surface area contributed by atoms with Crippen LogP contribution in [0.1, 0.15) is 26.4 Å². The molecule has 6 rings (SSSR count). The van der Waals surface area contributed by atoms with Crippen LogP contribution in [0, 0.1) is 0 Å². The number of hydrogen-bond donors (Lipinski definition) is 0. The zero-order valence-electron chi connectivity index (χ0n) is 28.9. The molecule has 0 radical (unpaired) electrons. The molecular weight excluding hydrogens is 701 g/mol. The monoisotopic (exact) mass is 737 g/mol. The number of benzene rings is 3. The molecule has 1 aliphatic rings. The summed E-state index contributed by atoms with van der Waals surface area (Å²) in [6.07, 6.45) is -4.49. The summed E-state index contributed by atoms with van der Waals surface area (Å²) in [4.78, 5) is 36.2. The van der Waals surface area contributed by atoms with Gasteiger partial charge >= 0.3 is 6.36 Å². The van der Waals surface area contributed by atoms with E-state index in [1.165, 1.54) is 30.3 Å². The smallest absolute Gasteiger partial charge is 0.485 e. The van der Waals surface area contributed by atoms with Crippen molar-refractivity contribution in [3.05, 3.63) is 108 Å². The van der Waals surface area contributed by atoms with E-state index in [4.69, 9.17) is 9.47 Å². The number of carbonyl (C=O) groups excluding carboxylic acids is 2. The second-order valence-corrected chi connectivity index (χ2v) is 12.5. The fraction of sp³-hybridized carbons (Fsp3) is 0.289. The van der Waals surface area contributed by atoms with Crippen molar-refractivity contribution in [3.63, 3.8) is 0 Å². The quantitative estimate of drug-likeness (QED) is 0.125. The van der Waals surface area contributed by atoms with Crippen LogP contribution in [0.15, 0.2) is 91.1 Å². The first-order valence-electron chi connectivity index (χ1n) is 16.7. The van der Waals surface area contributed by atoms with Crippen LogP contribution in [0.4, 0.5) is 27.6 Å². The number of ether oxygens (including phenoxy) is 3. The number of aryl methyl sites for hydroxylation is 1. The number of piperazine rings is 1. The molecule has 2 aromatic heterocycles. The molecule has 0 atom stereocenters. The SMILES string of the molecule is CN(C(=O)c1ccc(OC(F)(F)F)cc1)c1ccc(Oc2ccc3cc(C(=O)N4CCN(Cc5ccc(OC(CF)CF)cc5)CC4)n(C)c3c2)nc1. The van der Waals surface area contributed by atoms with Crippen LogP contribution in [-0.4, -0.2) is 90.2 Å². The molecule has 278 valence electrons. The van der Waals surface area contributed by atoms with Crippen molar-refractivity contribution in [2.24, 2.45) is 7.05 Å². The van der Waals surface area contributed by atoms with Crippen molar-refractivity contribution in [2.75, 3.05) is 51.5 Å². The number of rotatable bonds is 12. The molecule has 0 spiro atoms. The van der Waals surface area contributed by atoms with Crippen molar-refractivity contribution in [1.82, 2.24) is 19.4 Å². The van der Waals surface area contributed by atoms with Crippen molar-refractivity contribution in [1.29, 1.82) is 0 Å². The van der Waals surface area contributed by atoms with E-state index in [9.17, 15) is 31.5 Å². The van der Waals surface area contributed by atoms with Gasteiger partial charge in [-0.05, 0) is 66.2 Å². The van der Waals surface area contributed by atoms with Crippen molar-refractivity contribution < 1.29 is 45.8 Å². The maximum Gasteiger partial charge on any atom is 0.573 e. The van der Waals surface area contributed by atoms with Gasteiger partial charge in [-0.2, -0.15) is 0 Å². The number of amides is 2. The minimum atomic E-state index is -4.83. The number of pyridine rings is 1. The Morgan fingerprint density at radius 3 is 2.13 bits per heavy atom. The first kappa shape index (κ1) is 37.1. The fourth-order valence-electron chi connectivity index (χ4n) is 5.94. The Morgan fingerprint density at radius 1 is 0.849 bits per heavy atom. The van der Waals surface area contributed by atoms with E-state index in [0.29, 0.717) is 55.6 Å². The molecule has 10 nitrogen and oxygen atoms in total. The Morgan fingerprint density at radius 2 is 1.51 bits per heavy atom. The Balaban J connectivity index is 1.03. The minimum absolute atomic E-state index is 0.0795. The zero-order valence-corrected chi connectivity index (χ0v) is 28.9. The Bertz CT molecular complexity index is 2030. The highest BCUT2D eigenvalue weighted by Gasteiger charge is 2.31. The molecule has 5 aromatic rings. The minimum Gasteiger partial charge on any atom is -0.485 e. The van der Waals surface area contributed by atoms with Gasteiger partial charge in [-0.15, -0.1) is 13.2 Å². The molecule has 0 aliphatic carbocycles. The highest BCUT2D eigenvalue weighted by molar-refractivity contribution is 6.05. The number of fused-ring (bicyclic) bond motifs is 1. The second kappa shape index (κ2) is 15.9. The Hall–Kier alpha value is -5.70. The molecule has 53 heavy (non-hydrogen) atoms. The van der Waals surface area contributed by atoms with Gasteiger partial charge in [-0.1, -0.05) is 12.1 Å². The van der Waals surface area contributed by atoms with E-state index >= 15 is 0 Å². The van der Waals surface area contributed by atoms with Gasteiger partial charge < -0.3 is 28.6 Å². The van der Waals surface area contributed by atoms with E-state index in [1.807, 2.05) is 46.8 Å². The summed E-state index contributed by atoms with van der Waals surface area (Å²) in [6, 6.07) is 22.3. The van der Waals surface area contributed by atoms with Crippen LogP contribution in [0.2, 0.25) is 0 Å². The summed E-state index contributed by atoms with van der Waals surface area (Å²) in [6.45, 7) is 1.35. The van der Waals surface area contributed by atoms with Crippen LogP contribution >= 0.6 is 0 Å². The number of nitrogens with zero attached hydrogens (tertiary/aromatic N) is 5. The van der Waals surface area contributed by atoms with Crippen molar-refractivity contribution >= 4 is 28.4 Å². The van der Waals surface area contributed by atoms with Gasteiger partial charge in [-0.25, -0.2) is 13.8 Å². The molecule has 1 aliphatic heterocycles. The number of aromatic nitrogens is 2. The molecule has 3 aromatic carbocycles. The average molecular weight is 738 g/mol. The predicted octanol–water partition coefficient (Wildman–Crippen LogP) is 7.19. The lowest BCUT2D eigenvalue weighted by Gasteiger charge is -2.34. The van der Waals surface area contributed by atoms with Gasteiger partial charge in [0.05, 0.1) is 17.4 Å². The maximum atomic E-state index is 13.6. The number of halogens is 5. The molecule has 15 heteroatoms. The number of carbonyl (C=O) groups is 2. The summed E-state index contributed by atoms with van der Waals surface area (Å²) in [5.74, 6) is 0.200. The molecule has 1 fully saturated rings. The normalized spacial score (nSPS) is 13.7. The van der Waals surface area contributed by atoms with E-state index < -0.39 is 37.5 Å². The molecule has 0 bridgehead atoms. The summed E-state index contributed by atoms with van der Waals surface area (Å²) in [5.41, 5.74) is 2.95. The molecule has 0 saturated carbocycles. The highest BCUT2D eigenvalue weighted by Crippen LogP contribution is 2.29. The number of alkyl halides is 5. The fourth-order valence-corrected chi connectivity index (χ4v) is 5.94. The average Bonchev–Trinajstić information content (AvgIpc) is 3.49. The van der Waals surface area contributed by atoms with Crippen molar-refractivity contribution in [2.45, 2.75) is 19.0 Å². The molecule has 0 unspecified atom stereocenters. The molecular formula is C38H36F5N5O5.